The number of nitrogens with zero attached hydrogens (tertiary/aromatic N) is 1. The third-order valence-electron chi connectivity index (χ3n) is 4.82. The zero-order valence-corrected chi connectivity index (χ0v) is 20.4. The maximum Gasteiger partial charge on any atom is 0.264 e. The van der Waals surface area contributed by atoms with Crippen LogP contribution in [0.1, 0.15) is 23.0 Å². The third-order valence-corrected chi connectivity index (χ3v) is 8.02. The maximum absolute atomic E-state index is 13.1. The van der Waals surface area contributed by atoms with Crippen LogP contribution in [0.4, 0.5) is 5.69 Å². The summed E-state index contributed by atoms with van der Waals surface area (Å²) in [5.74, 6) is 0.245. The highest BCUT2D eigenvalue weighted by Gasteiger charge is 2.23. The van der Waals surface area contributed by atoms with E-state index >= 15 is 0 Å². The van der Waals surface area contributed by atoms with E-state index in [2.05, 4.69) is 5.32 Å². The molecule has 0 fully saturated rings. The molecule has 1 aromatic heterocycles. The second kappa shape index (κ2) is 10.5. The zero-order chi connectivity index (χ0) is 23.3. The molecule has 3 rings (SSSR count). The molecule has 1 amide bonds. The highest BCUT2D eigenvalue weighted by Crippen LogP contribution is 2.33. The van der Waals surface area contributed by atoms with Gasteiger partial charge in [0, 0.05) is 31.5 Å². The number of halogens is 1. The van der Waals surface area contributed by atoms with E-state index in [4.69, 9.17) is 21.1 Å². The number of sulfonamides is 1. The first-order valence-electron chi connectivity index (χ1n) is 10.00. The van der Waals surface area contributed by atoms with Crippen LogP contribution in [-0.4, -0.2) is 48.2 Å². The summed E-state index contributed by atoms with van der Waals surface area (Å²) in [5.41, 5.74) is 0.478. The van der Waals surface area contributed by atoms with E-state index in [1.165, 1.54) is 48.0 Å². The van der Waals surface area contributed by atoms with E-state index in [1.807, 2.05) is 13.0 Å². The number of carbonyl (C=O) groups is 1. The Morgan fingerprint density at radius 2 is 1.97 bits per heavy atom. The van der Waals surface area contributed by atoms with Gasteiger partial charge in [0.05, 0.1) is 27.6 Å². The smallest absolute Gasteiger partial charge is 0.264 e. The van der Waals surface area contributed by atoms with Crippen LogP contribution in [0.3, 0.4) is 0 Å². The van der Waals surface area contributed by atoms with Gasteiger partial charge in [0.15, 0.2) is 0 Å². The molecule has 0 saturated carbocycles. The van der Waals surface area contributed by atoms with Gasteiger partial charge in [-0.1, -0.05) is 11.6 Å². The molecule has 0 aliphatic rings. The van der Waals surface area contributed by atoms with Gasteiger partial charge in [-0.2, -0.15) is 0 Å². The van der Waals surface area contributed by atoms with Crippen molar-refractivity contribution >= 4 is 54.6 Å². The molecule has 0 spiro atoms. The number of amides is 1. The molecule has 0 aliphatic carbocycles. The number of hydrogen-bond acceptors (Lipinski definition) is 6. The minimum absolute atomic E-state index is 0.0586. The lowest BCUT2D eigenvalue weighted by molar-refractivity contribution is 0.0948. The lowest BCUT2D eigenvalue weighted by Gasteiger charge is -2.20. The van der Waals surface area contributed by atoms with Gasteiger partial charge >= 0.3 is 0 Å². The molecule has 0 radical (unpaired) electrons. The van der Waals surface area contributed by atoms with Gasteiger partial charge in [-0.15, -0.1) is 11.3 Å². The van der Waals surface area contributed by atoms with Crippen molar-refractivity contribution in [3.8, 4) is 5.75 Å². The molecule has 0 saturated heterocycles. The van der Waals surface area contributed by atoms with E-state index in [-0.39, 0.29) is 15.8 Å². The van der Waals surface area contributed by atoms with Crippen LogP contribution in [0.5, 0.6) is 5.75 Å². The standard InChI is InChI=1S/C22H25ClN2O5S2/c1-4-30-11-5-10-24-22(26)21-13-15-12-16(6-9-20(15)31-21)25(2)32(27,28)17-7-8-19(29-3)18(23)14-17/h6-9,12-14H,4-5,10-11H2,1-3H3,(H,24,26). The number of methoxy groups -OCH3 is 1. The van der Waals surface area contributed by atoms with Gasteiger partial charge in [0.2, 0.25) is 0 Å². The molecule has 7 nitrogen and oxygen atoms in total. The minimum Gasteiger partial charge on any atom is -0.495 e. The molecule has 0 unspecified atom stereocenters. The van der Waals surface area contributed by atoms with Crippen LogP contribution in [0.25, 0.3) is 10.1 Å². The number of nitrogens with one attached hydrogen (secondary N) is 1. The Bertz CT molecular complexity index is 1210. The number of benzene rings is 2. The molecule has 10 heteroatoms. The largest absolute Gasteiger partial charge is 0.495 e. The van der Waals surface area contributed by atoms with Crippen molar-refractivity contribution in [3.05, 3.63) is 52.4 Å². The summed E-state index contributed by atoms with van der Waals surface area (Å²) in [6.45, 7) is 3.72. The van der Waals surface area contributed by atoms with E-state index in [9.17, 15) is 13.2 Å². The van der Waals surface area contributed by atoms with Crippen LogP contribution < -0.4 is 14.4 Å². The first kappa shape index (κ1) is 24.3. The first-order valence-corrected chi connectivity index (χ1v) is 12.6. The molecular formula is C22H25ClN2O5S2. The lowest BCUT2D eigenvalue weighted by atomic mass is 10.2. The number of hydrogen-bond donors (Lipinski definition) is 1. The van der Waals surface area contributed by atoms with Crippen molar-refractivity contribution in [2.45, 2.75) is 18.2 Å². The van der Waals surface area contributed by atoms with E-state index in [0.717, 1.165) is 16.5 Å². The molecule has 32 heavy (non-hydrogen) atoms. The molecular weight excluding hydrogens is 472 g/mol. The van der Waals surface area contributed by atoms with Gasteiger partial charge in [-0.3, -0.25) is 9.10 Å². The average molecular weight is 497 g/mol. The van der Waals surface area contributed by atoms with Crippen molar-refractivity contribution in [3.63, 3.8) is 0 Å². The molecule has 1 N–H and O–H groups in total. The normalized spacial score (nSPS) is 11.5. The summed E-state index contributed by atoms with van der Waals surface area (Å²) >= 11 is 7.47. The third kappa shape index (κ3) is 5.35. The van der Waals surface area contributed by atoms with Crippen LogP contribution in [0.2, 0.25) is 5.02 Å². The average Bonchev–Trinajstić information content (AvgIpc) is 3.21. The van der Waals surface area contributed by atoms with E-state index in [0.29, 0.717) is 36.1 Å². The predicted molar refractivity (Wildman–Crippen MR) is 129 cm³/mol. The summed E-state index contributed by atoms with van der Waals surface area (Å²) in [6.07, 6.45) is 0.743. The molecule has 1 heterocycles. The minimum atomic E-state index is -3.83. The summed E-state index contributed by atoms with van der Waals surface area (Å²) in [6, 6.07) is 11.4. The van der Waals surface area contributed by atoms with Gasteiger partial charge in [-0.25, -0.2) is 8.42 Å². The highest BCUT2D eigenvalue weighted by molar-refractivity contribution is 7.92. The lowest BCUT2D eigenvalue weighted by Crippen LogP contribution is -2.26. The van der Waals surface area contributed by atoms with Crippen LogP contribution >= 0.6 is 22.9 Å². The van der Waals surface area contributed by atoms with Crippen molar-refractivity contribution in [1.82, 2.24) is 5.32 Å². The monoisotopic (exact) mass is 496 g/mol. The Balaban J connectivity index is 1.79. The zero-order valence-electron chi connectivity index (χ0n) is 18.1. The number of fused-ring (bicyclic) bond motifs is 1. The van der Waals surface area contributed by atoms with Crippen LogP contribution in [-0.2, 0) is 14.8 Å². The summed E-state index contributed by atoms with van der Waals surface area (Å²) < 4.78 is 38.6. The molecule has 0 aliphatic heterocycles. The van der Waals surface area contributed by atoms with Crippen molar-refractivity contribution in [2.75, 3.05) is 38.2 Å². The molecule has 0 bridgehead atoms. The Kier molecular flexibility index (Phi) is 8.00. The fraction of sp³-hybridized carbons (Fsp3) is 0.318. The Morgan fingerprint density at radius 3 is 2.66 bits per heavy atom. The topological polar surface area (TPSA) is 84.9 Å². The van der Waals surface area contributed by atoms with Gasteiger partial charge < -0.3 is 14.8 Å². The Hall–Kier alpha value is -2.33. The van der Waals surface area contributed by atoms with Gasteiger partial charge in [0.25, 0.3) is 15.9 Å². The maximum atomic E-state index is 13.1. The van der Waals surface area contributed by atoms with Crippen molar-refractivity contribution < 1.29 is 22.7 Å². The number of anilines is 1. The highest BCUT2D eigenvalue weighted by atomic mass is 35.5. The SMILES string of the molecule is CCOCCCNC(=O)c1cc2cc(N(C)S(=O)(=O)c3ccc(OC)c(Cl)c3)ccc2s1. The number of carbonyl (C=O) groups excluding carboxylic acids is 1. The van der Waals surface area contributed by atoms with E-state index < -0.39 is 10.0 Å². The van der Waals surface area contributed by atoms with Crippen molar-refractivity contribution in [2.24, 2.45) is 0 Å². The van der Waals surface area contributed by atoms with Gasteiger partial charge in [0.1, 0.15) is 5.75 Å². The molecule has 2 aromatic carbocycles. The second-order valence-corrected chi connectivity index (χ2v) is 10.4. The summed E-state index contributed by atoms with van der Waals surface area (Å²) in [7, 11) is -0.887. The Labute approximate surface area is 196 Å². The van der Waals surface area contributed by atoms with E-state index in [1.54, 1.807) is 18.2 Å². The summed E-state index contributed by atoms with van der Waals surface area (Å²) in [4.78, 5) is 13.1. The number of thiophene rings is 1. The van der Waals surface area contributed by atoms with Crippen LogP contribution in [0.15, 0.2) is 47.4 Å². The Morgan fingerprint density at radius 1 is 1.19 bits per heavy atom. The molecule has 3 aromatic rings. The van der Waals surface area contributed by atoms with Gasteiger partial charge in [-0.05, 0) is 61.2 Å². The first-order chi connectivity index (χ1) is 15.3. The predicted octanol–water partition coefficient (Wildman–Crippen LogP) is 4.54. The molecule has 0 atom stereocenters. The summed E-state index contributed by atoms with van der Waals surface area (Å²) in [5, 5.41) is 3.89. The van der Waals surface area contributed by atoms with Crippen LogP contribution in [0, 0.1) is 0 Å². The number of ether oxygens (including phenoxy) is 2. The second-order valence-electron chi connectivity index (χ2n) is 6.91. The number of rotatable bonds is 10. The quantitative estimate of drug-likeness (QED) is 0.416. The fourth-order valence-corrected chi connectivity index (χ4v) is 5.55. The fourth-order valence-electron chi connectivity index (χ4n) is 3.05. The van der Waals surface area contributed by atoms with Crippen molar-refractivity contribution in [1.29, 1.82) is 0 Å². The molecule has 172 valence electrons.